The molecule has 0 aliphatic carbocycles. The minimum atomic E-state index is -0.729. The molecule has 0 atom stereocenters. The Kier molecular flexibility index (Phi) is 5.16. The molecule has 0 unspecified atom stereocenters. The number of hydrogen-bond donors (Lipinski definition) is 1. The van der Waals surface area contributed by atoms with E-state index in [0.717, 1.165) is 56.3 Å². The first-order chi connectivity index (χ1) is 9.68. The van der Waals surface area contributed by atoms with Crippen LogP contribution in [-0.2, 0) is 11.2 Å². The van der Waals surface area contributed by atoms with Gasteiger partial charge in [0.1, 0.15) is 0 Å². The molecule has 0 saturated heterocycles. The highest BCUT2D eigenvalue weighted by Gasteiger charge is 2.22. The van der Waals surface area contributed by atoms with Crippen LogP contribution in [0.5, 0.6) is 0 Å². The molecule has 1 aromatic carbocycles. The molecule has 1 aromatic rings. The summed E-state index contributed by atoms with van der Waals surface area (Å²) in [6.07, 6.45) is 4.76. The van der Waals surface area contributed by atoms with Crippen molar-refractivity contribution in [1.29, 1.82) is 0 Å². The highest BCUT2D eigenvalue weighted by Crippen LogP contribution is 2.19. The number of unbranched alkanes of at least 4 members (excludes halogenated alkanes) is 3. The van der Waals surface area contributed by atoms with Crippen LogP contribution in [0.1, 0.15) is 48.0 Å². The third-order valence-corrected chi connectivity index (χ3v) is 3.75. The number of carboxylic acids is 1. The molecule has 1 aliphatic heterocycles. The summed E-state index contributed by atoms with van der Waals surface area (Å²) in [5.41, 5.74) is 1.99. The van der Waals surface area contributed by atoms with Gasteiger partial charge in [0.2, 0.25) is 0 Å². The fraction of sp³-hybridized carbons (Fsp3) is 0.500. The average Bonchev–Trinajstić information content (AvgIpc) is 2.45. The molecular formula is C16H21NO3. The zero-order chi connectivity index (χ0) is 14.4. The summed E-state index contributed by atoms with van der Waals surface area (Å²) in [7, 11) is 0. The first-order valence-corrected chi connectivity index (χ1v) is 7.27. The summed E-state index contributed by atoms with van der Waals surface area (Å²) in [4.78, 5) is 24.6. The van der Waals surface area contributed by atoms with Crippen LogP contribution in [0.25, 0.3) is 0 Å². The Labute approximate surface area is 119 Å². The number of amides is 1. The Hall–Kier alpha value is -1.84. The van der Waals surface area contributed by atoms with E-state index in [1.165, 1.54) is 0 Å². The molecule has 0 fully saturated rings. The molecule has 0 saturated carbocycles. The summed E-state index contributed by atoms with van der Waals surface area (Å²) >= 11 is 0. The lowest BCUT2D eigenvalue weighted by atomic mass is 9.99. The molecule has 1 heterocycles. The van der Waals surface area contributed by atoms with E-state index in [2.05, 4.69) is 0 Å². The average molecular weight is 275 g/mol. The molecule has 0 radical (unpaired) electrons. The van der Waals surface area contributed by atoms with Gasteiger partial charge in [-0.1, -0.05) is 31.0 Å². The second-order valence-electron chi connectivity index (χ2n) is 5.26. The van der Waals surface area contributed by atoms with Crippen LogP contribution in [0.2, 0.25) is 0 Å². The van der Waals surface area contributed by atoms with Gasteiger partial charge in [-0.15, -0.1) is 0 Å². The number of benzene rings is 1. The van der Waals surface area contributed by atoms with Crippen LogP contribution >= 0.6 is 0 Å². The van der Waals surface area contributed by atoms with Gasteiger partial charge < -0.3 is 10.0 Å². The number of hydrogen-bond acceptors (Lipinski definition) is 2. The van der Waals surface area contributed by atoms with Crippen LogP contribution in [0.4, 0.5) is 0 Å². The molecule has 0 bridgehead atoms. The number of carboxylic acid groups (broad SMARTS) is 1. The van der Waals surface area contributed by atoms with Crippen molar-refractivity contribution < 1.29 is 14.7 Å². The normalized spacial score (nSPS) is 14.2. The minimum Gasteiger partial charge on any atom is -0.481 e. The van der Waals surface area contributed by atoms with E-state index in [-0.39, 0.29) is 12.3 Å². The van der Waals surface area contributed by atoms with Gasteiger partial charge in [0.25, 0.3) is 5.91 Å². The minimum absolute atomic E-state index is 0.136. The highest BCUT2D eigenvalue weighted by molar-refractivity contribution is 5.96. The van der Waals surface area contributed by atoms with Crippen molar-refractivity contribution in [2.75, 3.05) is 13.1 Å². The maximum Gasteiger partial charge on any atom is 0.303 e. The number of rotatable bonds is 7. The summed E-state index contributed by atoms with van der Waals surface area (Å²) in [6.45, 7) is 1.57. The lowest BCUT2D eigenvalue weighted by Crippen LogP contribution is -2.38. The third-order valence-electron chi connectivity index (χ3n) is 3.75. The molecule has 1 N–H and O–H groups in total. The summed E-state index contributed by atoms with van der Waals surface area (Å²) in [6, 6.07) is 7.81. The molecule has 4 nitrogen and oxygen atoms in total. The fourth-order valence-electron chi connectivity index (χ4n) is 2.62. The Morgan fingerprint density at radius 2 is 1.90 bits per heavy atom. The zero-order valence-electron chi connectivity index (χ0n) is 11.7. The molecule has 4 heteroatoms. The van der Waals surface area contributed by atoms with Gasteiger partial charge in [0.15, 0.2) is 0 Å². The van der Waals surface area contributed by atoms with Gasteiger partial charge in [-0.2, -0.15) is 0 Å². The predicted octanol–water partition coefficient (Wildman–Crippen LogP) is 2.72. The van der Waals surface area contributed by atoms with Crippen LogP contribution in [0.15, 0.2) is 24.3 Å². The molecule has 2 rings (SSSR count). The monoisotopic (exact) mass is 275 g/mol. The van der Waals surface area contributed by atoms with Gasteiger partial charge >= 0.3 is 5.97 Å². The van der Waals surface area contributed by atoms with E-state index in [9.17, 15) is 9.59 Å². The van der Waals surface area contributed by atoms with Crippen molar-refractivity contribution in [2.24, 2.45) is 0 Å². The smallest absolute Gasteiger partial charge is 0.303 e. The van der Waals surface area contributed by atoms with Crippen LogP contribution in [-0.4, -0.2) is 35.0 Å². The number of aliphatic carboxylic acids is 1. The third kappa shape index (κ3) is 3.83. The van der Waals surface area contributed by atoms with Gasteiger partial charge in [-0.05, 0) is 30.9 Å². The van der Waals surface area contributed by atoms with Crippen molar-refractivity contribution in [2.45, 2.75) is 38.5 Å². The van der Waals surface area contributed by atoms with Gasteiger partial charge in [-0.25, -0.2) is 0 Å². The standard InChI is InChI=1S/C16H21NO3/c18-15(19)9-3-1-2-6-11-17-12-10-13-7-4-5-8-14(13)16(17)20/h4-5,7-8H,1-3,6,9-12H2,(H,18,19). The molecule has 0 spiro atoms. The van der Waals surface area contributed by atoms with Crippen molar-refractivity contribution in [3.8, 4) is 0 Å². The Bertz CT molecular complexity index is 484. The summed E-state index contributed by atoms with van der Waals surface area (Å²) in [5, 5.41) is 8.55. The number of carbonyl (C=O) groups excluding carboxylic acids is 1. The zero-order valence-corrected chi connectivity index (χ0v) is 11.7. The molecular weight excluding hydrogens is 254 g/mol. The maximum absolute atomic E-state index is 12.3. The first kappa shape index (κ1) is 14.6. The number of carbonyl (C=O) groups is 2. The predicted molar refractivity (Wildman–Crippen MR) is 76.8 cm³/mol. The second-order valence-corrected chi connectivity index (χ2v) is 5.26. The topological polar surface area (TPSA) is 57.6 Å². The van der Waals surface area contributed by atoms with Gasteiger partial charge in [-0.3, -0.25) is 9.59 Å². The van der Waals surface area contributed by atoms with Crippen molar-refractivity contribution in [3.63, 3.8) is 0 Å². The second kappa shape index (κ2) is 7.08. The molecule has 20 heavy (non-hydrogen) atoms. The van der Waals surface area contributed by atoms with Crippen LogP contribution in [0, 0.1) is 0 Å². The van der Waals surface area contributed by atoms with E-state index in [4.69, 9.17) is 5.11 Å². The van der Waals surface area contributed by atoms with Gasteiger partial charge in [0, 0.05) is 25.1 Å². The molecule has 1 aliphatic rings. The van der Waals surface area contributed by atoms with E-state index in [1.54, 1.807) is 0 Å². The lowest BCUT2D eigenvalue weighted by molar-refractivity contribution is -0.137. The van der Waals surface area contributed by atoms with Crippen molar-refractivity contribution >= 4 is 11.9 Å². The number of fused-ring (bicyclic) bond motifs is 1. The van der Waals surface area contributed by atoms with Crippen molar-refractivity contribution in [3.05, 3.63) is 35.4 Å². The van der Waals surface area contributed by atoms with Crippen molar-refractivity contribution in [1.82, 2.24) is 4.90 Å². The Morgan fingerprint density at radius 1 is 1.15 bits per heavy atom. The molecule has 1 amide bonds. The van der Waals surface area contributed by atoms with E-state index in [1.807, 2.05) is 29.2 Å². The Morgan fingerprint density at radius 3 is 2.70 bits per heavy atom. The molecule has 0 aromatic heterocycles. The first-order valence-electron chi connectivity index (χ1n) is 7.27. The summed E-state index contributed by atoms with van der Waals surface area (Å²) < 4.78 is 0. The SMILES string of the molecule is O=C(O)CCCCCCN1CCc2ccccc2C1=O. The highest BCUT2D eigenvalue weighted by atomic mass is 16.4. The van der Waals surface area contributed by atoms with E-state index < -0.39 is 5.97 Å². The van der Waals surface area contributed by atoms with Gasteiger partial charge in [0.05, 0.1) is 0 Å². The van der Waals surface area contributed by atoms with Crippen LogP contribution < -0.4 is 0 Å². The number of nitrogens with zero attached hydrogens (tertiary/aromatic N) is 1. The Balaban J connectivity index is 1.73. The van der Waals surface area contributed by atoms with E-state index in [0.29, 0.717) is 0 Å². The maximum atomic E-state index is 12.3. The lowest BCUT2D eigenvalue weighted by Gasteiger charge is -2.28. The van der Waals surface area contributed by atoms with Crippen LogP contribution in [0.3, 0.4) is 0 Å². The quantitative estimate of drug-likeness (QED) is 0.778. The van der Waals surface area contributed by atoms with E-state index >= 15 is 0 Å². The fourth-order valence-corrected chi connectivity index (χ4v) is 2.62. The summed E-state index contributed by atoms with van der Waals surface area (Å²) in [5.74, 6) is -0.592. The molecule has 108 valence electrons. The largest absolute Gasteiger partial charge is 0.481 e.